The van der Waals surface area contributed by atoms with Crippen LogP contribution in [0.2, 0.25) is 0 Å². The number of rotatable bonds is 5. The van der Waals surface area contributed by atoms with Crippen LogP contribution >= 0.6 is 0 Å². The molecule has 0 aromatic heterocycles. The predicted octanol–water partition coefficient (Wildman–Crippen LogP) is 17.8. The molecule has 0 radical (unpaired) electrons. The van der Waals surface area contributed by atoms with Gasteiger partial charge in [-0.1, -0.05) is 163 Å². The molecule has 0 saturated carbocycles. The van der Waals surface area contributed by atoms with Crippen molar-refractivity contribution in [3.05, 3.63) is 214 Å². The molecule has 4 aliphatic rings. The van der Waals surface area contributed by atoms with Crippen LogP contribution in [0, 0.1) is 0 Å². The molecule has 1 heterocycles. The molecule has 0 amide bonds. The molecule has 14 rings (SSSR count). The summed E-state index contributed by atoms with van der Waals surface area (Å²) in [6.07, 6.45) is 2.13. The van der Waals surface area contributed by atoms with Crippen LogP contribution in [0.15, 0.2) is 170 Å². The number of anilines is 6. The third-order valence-corrected chi connectivity index (χ3v) is 17.0. The van der Waals surface area contributed by atoms with Crippen LogP contribution in [0.1, 0.15) is 105 Å². The highest BCUT2D eigenvalue weighted by molar-refractivity contribution is 6.30. The molecule has 67 heavy (non-hydrogen) atoms. The molecular weight excluding hydrogens is 809 g/mol. The third-order valence-electron chi connectivity index (χ3n) is 17.0. The number of aryl methyl sites for hydroxylation is 1. The Morgan fingerprint density at radius 3 is 1.87 bits per heavy atom. The Morgan fingerprint density at radius 1 is 0.463 bits per heavy atom. The summed E-state index contributed by atoms with van der Waals surface area (Å²) >= 11 is 0. The minimum absolute atomic E-state index is 0.0178. The largest absolute Gasteiger partial charge is 0.310 e. The van der Waals surface area contributed by atoms with E-state index in [1.165, 1.54) is 133 Å². The van der Waals surface area contributed by atoms with Crippen molar-refractivity contribution >= 4 is 66.4 Å². The fraction of sp³-hybridized carbons (Fsp3) is 0.200. The minimum atomic E-state index is -0.264. The highest BCUT2D eigenvalue weighted by Gasteiger charge is 2.49. The molecule has 3 aliphatic carbocycles. The first-order chi connectivity index (χ1) is 32.5. The first-order valence-electron chi connectivity index (χ1n) is 24.5. The first-order valence-corrected chi connectivity index (χ1v) is 24.5. The summed E-state index contributed by atoms with van der Waals surface area (Å²) in [6, 6.07) is 65.4. The van der Waals surface area contributed by atoms with Gasteiger partial charge in [0.25, 0.3) is 0 Å². The molecule has 0 spiro atoms. The van der Waals surface area contributed by atoms with E-state index < -0.39 is 0 Å². The third kappa shape index (κ3) is 4.91. The lowest BCUT2D eigenvalue weighted by molar-refractivity contribution is 0.475. The molecule has 10 aromatic rings. The van der Waals surface area contributed by atoms with Gasteiger partial charge in [-0.15, -0.1) is 0 Å². The van der Waals surface area contributed by atoms with Crippen LogP contribution in [-0.4, -0.2) is 0 Å². The summed E-state index contributed by atoms with van der Waals surface area (Å²) in [5, 5.41) is 8.26. The van der Waals surface area contributed by atoms with E-state index in [1.807, 2.05) is 0 Å². The summed E-state index contributed by atoms with van der Waals surface area (Å²) in [5.41, 5.74) is 23.7. The van der Waals surface area contributed by atoms with Gasteiger partial charge in [-0.05, 0) is 163 Å². The van der Waals surface area contributed by atoms with E-state index in [0.717, 1.165) is 12.8 Å². The minimum Gasteiger partial charge on any atom is -0.310 e. The Kier molecular flexibility index (Phi) is 7.73. The van der Waals surface area contributed by atoms with E-state index in [-0.39, 0.29) is 16.2 Å². The molecule has 0 bridgehead atoms. The fourth-order valence-electron chi connectivity index (χ4n) is 13.8. The number of para-hydroxylation sites is 2. The molecule has 2 nitrogen and oxygen atoms in total. The smallest absolute Gasteiger partial charge is 0.0543 e. The monoisotopic (exact) mass is 862 g/mol. The second-order valence-corrected chi connectivity index (χ2v) is 21.6. The molecule has 324 valence electrons. The highest BCUT2D eigenvalue weighted by Crippen LogP contribution is 2.64. The Labute approximate surface area is 394 Å². The molecule has 0 saturated heterocycles. The topological polar surface area (TPSA) is 6.48 Å². The SMILES string of the molecule is CC(C)c1cc(N(c2ccccc2)c2cccc3c2C(C)(C)c2ccccc2-3)c2cc3c4c(cc(N5c6ccccc6C6(C)c7ccccc7-c7cccc5c76)c5ccc1c2c54)CCC3(C)C. The normalized spacial score (nSPS) is 17.8. The lowest BCUT2D eigenvalue weighted by Gasteiger charge is -2.43. The number of hydrogen-bond donors (Lipinski definition) is 0. The Balaban J connectivity index is 1.12. The molecule has 2 heteroatoms. The van der Waals surface area contributed by atoms with Crippen molar-refractivity contribution in [2.45, 2.75) is 83.5 Å². The van der Waals surface area contributed by atoms with Crippen LogP contribution in [-0.2, 0) is 22.7 Å². The van der Waals surface area contributed by atoms with E-state index in [9.17, 15) is 0 Å². The maximum Gasteiger partial charge on any atom is 0.0543 e. The van der Waals surface area contributed by atoms with Gasteiger partial charge < -0.3 is 9.80 Å². The van der Waals surface area contributed by atoms with Crippen molar-refractivity contribution < 1.29 is 0 Å². The second-order valence-electron chi connectivity index (χ2n) is 21.6. The molecule has 10 aromatic carbocycles. The van der Waals surface area contributed by atoms with Gasteiger partial charge in [-0.2, -0.15) is 0 Å². The van der Waals surface area contributed by atoms with Crippen molar-refractivity contribution in [3.8, 4) is 22.3 Å². The van der Waals surface area contributed by atoms with Gasteiger partial charge in [0.15, 0.2) is 0 Å². The standard InChI is InChI=1S/C65H54N2/c1-38(2)47-37-57(66(40-19-9-8-10-20-40)54-29-17-23-44-41-21-11-13-25-49(41)64(5,6)61(44)54)48-36-52-58-39(33-34-63(52,3)4)35-56(46-32-31-43(47)59(48)60(46)58)67-53-28-16-15-27-51(53)65(7)50-26-14-12-22-42(50)45-24-18-30-55(67)62(45)65/h8-32,35-38H,33-34H2,1-7H3. The van der Waals surface area contributed by atoms with Crippen LogP contribution in [0.4, 0.5) is 34.1 Å². The van der Waals surface area contributed by atoms with E-state index in [2.05, 4.69) is 228 Å². The van der Waals surface area contributed by atoms with Crippen molar-refractivity contribution in [2.24, 2.45) is 0 Å². The van der Waals surface area contributed by atoms with Gasteiger partial charge in [0.1, 0.15) is 0 Å². The van der Waals surface area contributed by atoms with Gasteiger partial charge in [-0.25, -0.2) is 0 Å². The second kappa shape index (κ2) is 13.3. The molecule has 1 aliphatic heterocycles. The molecule has 1 atom stereocenters. The predicted molar refractivity (Wildman–Crippen MR) is 284 cm³/mol. The van der Waals surface area contributed by atoms with Crippen molar-refractivity contribution in [1.29, 1.82) is 0 Å². The first kappa shape index (κ1) is 39.0. The fourth-order valence-corrected chi connectivity index (χ4v) is 13.8. The summed E-state index contributed by atoms with van der Waals surface area (Å²) in [5.74, 6) is 0.297. The number of nitrogens with zero attached hydrogens (tertiary/aromatic N) is 2. The molecule has 0 fully saturated rings. The Morgan fingerprint density at radius 2 is 1.09 bits per heavy atom. The van der Waals surface area contributed by atoms with Gasteiger partial charge in [-0.3, -0.25) is 0 Å². The Bertz CT molecular complexity index is 3760. The maximum atomic E-state index is 2.65. The van der Waals surface area contributed by atoms with Crippen molar-refractivity contribution in [3.63, 3.8) is 0 Å². The van der Waals surface area contributed by atoms with Gasteiger partial charge in [0, 0.05) is 32.7 Å². The number of benzene rings is 10. The van der Waals surface area contributed by atoms with Crippen LogP contribution in [0.25, 0.3) is 54.6 Å². The Hall–Kier alpha value is -7.16. The lowest BCUT2D eigenvalue weighted by Crippen LogP contribution is -2.32. The zero-order valence-electron chi connectivity index (χ0n) is 39.6. The summed E-state index contributed by atoms with van der Waals surface area (Å²) in [7, 11) is 0. The summed E-state index contributed by atoms with van der Waals surface area (Å²) in [6.45, 7) is 17.0. The van der Waals surface area contributed by atoms with Crippen LogP contribution in [0.3, 0.4) is 0 Å². The lowest BCUT2D eigenvalue weighted by atomic mass is 9.69. The zero-order chi connectivity index (χ0) is 45.3. The van der Waals surface area contributed by atoms with Crippen molar-refractivity contribution in [1.82, 2.24) is 0 Å². The number of hydrogen-bond acceptors (Lipinski definition) is 2. The molecule has 1 unspecified atom stereocenters. The summed E-state index contributed by atoms with van der Waals surface area (Å²) < 4.78 is 0. The van der Waals surface area contributed by atoms with E-state index in [1.54, 1.807) is 0 Å². The highest BCUT2D eigenvalue weighted by atomic mass is 15.2. The van der Waals surface area contributed by atoms with Crippen LogP contribution < -0.4 is 9.80 Å². The van der Waals surface area contributed by atoms with Gasteiger partial charge in [0.05, 0.1) is 28.4 Å². The average molecular weight is 863 g/mol. The molecule has 0 N–H and O–H groups in total. The zero-order valence-corrected chi connectivity index (χ0v) is 39.6. The quantitative estimate of drug-likeness (QED) is 0.159. The van der Waals surface area contributed by atoms with Gasteiger partial charge in [0.2, 0.25) is 0 Å². The van der Waals surface area contributed by atoms with Gasteiger partial charge >= 0.3 is 0 Å². The molecular formula is C65H54N2. The van der Waals surface area contributed by atoms with E-state index >= 15 is 0 Å². The summed E-state index contributed by atoms with van der Waals surface area (Å²) in [4.78, 5) is 5.28. The van der Waals surface area contributed by atoms with E-state index in [0.29, 0.717) is 5.92 Å². The maximum absolute atomic E-state index is 2.65. The van der Waals surface area contributed by atoms with E-state index in [4.69, 9.17) is 0 Å². The average Bonchev–Trinajstić information content (AvgIpc) is 3.75. The van der Waals surface area contributed by atoms with Crippen LogP contribution in [0.5, 0.6) is 0 Å². The number of fused-ring (bicyclic) bond motifs is 8. The van der Waals surface area contributed by atoms with Crippen molar-refractivity contribution in [2.75, 3.05) is 9.80 Å².